The smallest absolute Gasteiger partial charge is 0.329 e. The Morgan fingerprint density at radius 3 is 2.58 bits per heavy atom. The first-order chi connectivity index (χ1) is 17.1. The van der Waals surface area contributed by atoms with Gasteiger partial charge >= 0.3 is 6.18 Å². The van der Waals surface area contributed by atoms with Crippen LogP contribution in [0, 0.1) is 6.92 Å². The van der Waals surface area contributed by atoms with Crippen LogP contribution >= 0.6 is 11.5 Å². The minimum atomic E-state index is -4.47. The van der Waals surface area contributed by atoms with Gasteiger partial charge in [0.15, 0.2) is 6.04 Å². The predicted octanol–water partition coefficient (Wildman–Crippen LogP) is 4.37. The number of likely N-dealkylation sites (tertiary alicyclic amines) is 1. The highest BCUT2D eigenvalue weighted by Crippen LogP contribution is 2.29. The Balaban J connectivity index is 1.36. The van der Waals surface area contributed by atoms with Gasteiger partial charge in [0.1, 0.15) is 10.8 Å². The fourth-order valence-electron chi connectivity index (χ4n) is 4.05. The Kier molecular flexibility index (Phi) is 7.93. The number of aromatic nitrogens is 2. The van der Waals surface area contributed by atoms with Gasteiger partial charge in [-0.3, -0.25) is 24.7 Å². The highest BCUT2D eigenvalue weighted by atomic mass is 32.1. The number of rotatable bonds is 6. The number of aryl methyl sites for hydroxylation is 1. The number of carbonyl (C=O) groups is 1. The second-order valence-electron chi connectivity index (χ2n) is 8.55. The number of halogens is 5. The zero-order valence-electron chi connectivity index (χ0n) is 19.2. The Labute approximate surface area is 207 Å². The highest BCUT2D eigenvalue weighted by Gasteiger charge is 2.40. The number of amidine groups is 1. The number of pyridine rings is 1. The highest BCUT2D eigenvalue weighted by molar-refractivity contribution is 7.11. The molecule has 2 N–H and O–H groups in total. The first kappa shape index (κ1) is 26.1. The van der Waals surface area contributed by atoms with Gasteiger partial charge in [0.2, 0.25) is 0 Å². The minimum absolute atomic E-state index is 0.110. The molecule has 1 unspecified atom stereocenters. The van der Waals surface area contributed by atoms with Gasteiger partial charge in [0.25, 0.3) is 12.3 Å². The van der Waals surface area contributed by atoms with Crippen molar-refractivity contribution >= 4 is 40.2 Å². The third kappa shape index (κ3) is 6.40. The largest absolute Gasteiger partial charge is 0.412 e. The summed E-state index contributed by atoms with van der Waals surface area (Å²) in [4.78, 5) is 26.5. The van der Waals surface area contributed by atoms with Crippen LogP contribution in [0.4, 0.5) is 32.6 Å². The topological polar surface area (TPSA) is 94.9 Å². The molecule has 0 aliphatic carbocycles. The molecule has 4 rings (SSSR count). The van der Waals surface area contributed by atoms with E-state index in [1.165, 1.54) is 6.20 Å². The number of nitrogens with zero attached hydrogens (tertiary/aromatic N) is 5. The van der Waals surface area contributed by atoms with Crippen LogP contribution in [0.1, 0.15) is 40.5 Å². The molecule has 14 heteroatoms. The van der Waals surface area contributed by atoms with E-state index in [0.29, 0.717) is 29.5 Å². The van der Waals surface area contributed by atoms with Crippen LogP contribution in [-0.4, -0.2) is 77.0 Å². The quantitative estimate of drug-likeness (QED) is 0.542. The van der Waals surface area contributed by atoms with E-state index in [9.17, 15) is 26.7 Å². The Bertz CT molecular complexity index is 1120. The van der Waals surface area contributed by atoms with E-state index in [1.807, 2.05) is 6.07 Å². The molecule has 36 heavy (non-hydrogen) atoms. The van der Waals surface area contributed by atoms with E-state index < -0.39 is 31.1 Å². The fourth-order valence-corrected chi connectivity index (χ4v) is 4.85. The Morgan fingerprint density at radius 1 is 1.25 bits per heavy atom. The first-order valence-corrected chi connectivity index (χ1v) is 12.0. The summed E-state index contributed by atoms with van der Waals surface area (Å²) in [7, 11) is 0. The number of nitrogens with one attached hydrogen (secondary N) is 2. The lowest BCUT2D eigenvalue weighted by Gasteiger charge is -2.31. The SMILES string of the molecule is Cc1nsc(NC2=NCC(C(F)(F)F)N=C2)c1C(=O)Nc1ccc(C2CCN(CC(F)F)CC2)nc1. The Morgan fingerprint density at radius 2 is 2.00 bits per heavy atom. The molecule has 2 aromatic heterocycles. The molecule has 2 aromatic rings. The summed E-state index contributed by atoms with van der Waals surface area (Å²) >= 11 is 0.987. The number of carbonyl (C=O) groups excluding carboxylic acids is 1. The van der Waals surface area contributed by atoms with Gasteiger partial charge in [-0.05, 0) is 56.5 Å². The maximum Gasteiger partial charge on any atom is 0.412 e. The standard InChI is InChI=1S/C22H24F5N7OS/c1-12-19(21(36-33-12)32-18-10-29-16(9-30-18)22(25,26)27)20(35)31-14-2-3-15(28-8-14)13-4-6-34(7-5-13)11-17(23)24/h2-3,8,10,13,16-17H,4-7,9,11H2,1H3,(H,30,32)(H,31,35). The van der Waals surface area contributed by atoms with Crippen molar-refractivity contribution in [3.63, 3.8) is 0 Å². The zero-order chi connectivity index (χ0) is 25.9. The summed E-state index contributed by atoms with van der Waals surface area (Å²) in [6.45, 7) is 2.07. The van der Waals surface area contributed by atoms with Crippen LogP contribution in [0.5, 0.6) is 0 Å². The summed E-state index contributed by atoms with van der Waals surface area (Å²) in [5, 5.41) is 5.93. The van der Waals surface area contributed by atoms with Crippen molar-refractivity contribution in [1.29, 1.82) is 0 Å². The van der Waals surface area contributed by atoms with Gasteiger partial charge in [-0.25, -0.2) is 8.78 Å². The summed E-state index contributed by atoms with van der Waals surface area (Å²) < 4.78 is 67.6. The van der Waals surface area contributed by atoms with Gasteiger partial charge in [-0.2, -0.15) is 17.5 Å². The molecule has 194 valence electrons. The van der Waals surface area contributed by atoms with Crippen LogP contribution in [0.25, 0.3) is 0 Å². The second kappa shape index (κ2) is 10.9. The van der Waals surface area contributed by atoms with Gasteiger partial charge in [-0.1, -0.05) is 0 Å². The van der Waals surface area contributed by atoms with Gasteiger partial charge in [-0.15, -0.1) is 0 Å². The molecule has 0 aromatic carbocycles. The number of anilines is 2. The molecule has 0 saturated carbocycles. The number of aliphatic imine (C=N–C) groups is 2. The maximum atomic E-state index is 13.0. The van der Waals surface area contributed by atoms with E-state index in [1.54, 1.807) is 17.9 Å². The van der Waals surface area contributed by atoms with Crippen LogP contribution < -0.4 is 10.6 Å². The first-order valence-electron chi connectivity index (χ1n) is 11.3. The maximum absolute atomic E-state index is 13.0. The number of amides is 1. The normalized spacial score (nSPS) is 19.4. The van der Waals surface area contributed by atoms with Crippen molar-refractivity contribution in [3.8, 4) is 0 Å². The van der Waals surface area contributed by atoms with Crippen molar-refractivity contribution in [3.05, 3.63) is 35.3 Å². The molecule has 1 saturated heterocycles. The number of piperidine rings is 1. The summed E-state index contributed by atoms with van der Waals surface area (Å²) in [5.41, 5.74) is 1.98. The molecule has 0 bridgehead atoms. The van der Waals surface area contributed by atoms with Crippen LogP contribution in [0.15, 0.2) is 28.3 Å². The molecule has 2 aliphatic rings. The van der Waals surface area contributed by atoms with Crippen molar-refractivity contribution in [2.45, 2.75) is 44.3 Å². The average Bonchev–Trinajstić information content (AvgIpc) is 3.19. The minimum Gasteiger partial charge on any atom is -0.329 e. The van der Waals surface area contributed by atoms with E-state index in [4.69, 9.17) is 0 Å². The van der Waals surface area contributed by atoms with Crippen LogP contribution in [0.2, 0.25) is 0 Å². The molecular weight excluding hydrogens is 505 g/mol. The number of alkyl halides is 5. The third-order valence-electron chi connectivity index (χ3n) is 5.97. The van der Waals surface area contributed by atoms with Crippen molar-refractivity contribution in [2.75, 3.05) is 36.8 Å². The molecule has 8 nitrogen and oxygen atoms in total. The molecule has 4 heterocycles. The average molecular weight is 530 g/mol. The molecule has 2 aliphatic heterocycles. The summed E-state index contributed by atoms with van der Waals surface area (Å²) in [6.07, 6.45) is -2.80. The second-order valence-corrected chi connectivity index (χ2v) is 9.32. The lowest BCUT2D eigenvalue weighted by Crippen LogP contribution is -2.36. The van der Waals surface area contributed by atoms with E-state index >= 15 is 0 Å². The van der Waals surface area contributed by atoms with E-state index in [0.717, 1.165) is 36.3 Å². The summed E-state index contributed by atoms with van der Waals surface area (Å²) in [5.74, 6) is -0.184. The Hall–Kier alpha value is -3.00. The van der Waals surface area contributed by atoms with Crippen LogP contribution in [-0.2, 0) is 0 Å². The molecule has 0 spiro atoms. The van der Waals surface area contributed by atoms with Crippen molar-refractivity contribution < 1.29 is 26.7 Å². The number of hydrogen-bond donors (Lipinski definition) is 2. The molecular formula is C22H24F5N7OS. The van der Waals surface area contributed by atoms with Gasteiger partial charge in [0, 0.05) is 11.6 Å². The monoisotopic (exact) mass is 529 g/mol. The van der Waals surface area contributed by atoms with Gasteiger partial charge < -0.3 is 10.6 Å². The molecule has 1 atom stereocenters. The summed E-state index contributed by atoms with van der Waals surface area (Å²) in [6, 6.07) is 1.66. The third-order valence-corrected chi connectivity index (χ3v) is 6.82. The van der Waals surface area contributed by atoms with Crippen molar-refractivity contribution in [1.82, 2.24) is 14.3 Å². The fraction of sp³-hybridized carbons (Fsp3) is 0.500. The zero-order valence-corrected chi connectivity index (χ0v) is 20.0. The molecule has 1 fully saturated rings. The number of hydrogen-bond acceptors (Lipinski definition) is 8. The van der Waals surface area contributed by atoms with Crippen molar-refractivity contribution in [2.24, 2.45) is 9.98 Å². The predicted molar refractivity (Wildman–Crippen MR) is 128 cm³/mol. The van der Waals surface area contributed by atoms with Crippen LogP contribution in [0.3, 0.4) is 0 Å². The molecule has 0 radical (unpaired) electrons. The van der Waals surface area contributed by atoms with E-state index in [-0.39, 0.29) is 23.9 Å². The van der Waals surface area contributed by atoms with Gasteiger partial charge in [0.05, 0.1) is 42.4 Å². The lowest BCUT2D eigenvalue weighted by atomic mass is 9.93. The molecule has 1 amide bonds. The van der Waals surface area contributed by atoms with E-state index in [2.05, 4.69) is 30.0 Å². The lowest BCUT2D eigenvalue weighted by molar-refractivity contribution is -0.144.